The maximum atomic E-state index is 12.3. The Kier molecular flexibility index (Phi) is 6.37. The van der Waals surface area contributed by atoms with Gasteiger partial charge >= 0.3 is 11.9 Å². The molecular weight excluding hydrogens is 308 g/mol. The Hall–Kier alpha value is -2.82. The Bertz CT molecular complexity index is 708. The number of benzene rings is 2. The SMILES string of the molecule is CCCCOc1cccc(C(=O)Oc2cccc(C(=O)OC)c2)c1. The number of ether oxygens (including phenoxy) is 3. The summed E-state index contributed by atoms with van der Waals surface area (Å²) in [5, 5.41) is 0. The van der Waals surface area contributed by atoms with Gasteiger partial charge in [-0.15, -0.1) is 0 Å². The van der Waals surface area contributed by atoms with E-state index in [9.17, 15) is 9.59 Å². The first-order chi connectivity index (χ1) is 11.6. The lowest BCUT2D eigenvalue weighted by atomic mass is 10.2. The van der Waals surface area contributed by atoms with Crippen LogP contribution < -0.4 is 9.47 Å². The minimum absolute atomic E-state index is 0.278. The molecule has 0 spiro atoms. The Morgan fingerprint density at radius 3 is 2.21 bits per heavy atom. The molecule has 0 aliphatic carbocycles. The van der Waals surface area contributed by atoms with Crippen molar-refractivity contribution in [3.8, 4) is 11.5 Å². The lowest BCUT2D eigenvalue weighted by molar-refractivity contribution is 0.0597. The standard InChI is InChI=1S/C19H20O5/c1-3-4-11-23-16-9-5-8-15(12-16)19(21)24-17-10-6-7-14(13-17)18(20)22-2/h5-10,12-13H,3-4,11H2,1-2H3. The van der Waals surface area contributed by atoms with Crippen LogP contribution in [0.2, 0.25) is 0 Å². The summed E-state index contributed by atoms with van der Waals surface area (Å²) in [5.74, 6) is -0.0985. The lowest BCUT2D eigenvalue weighted by Crippen LogP contribution is -2.10. The zero-order valence-corrected chi connectivity index (χ0v) is 13.8. The van der Waals surface area contributed by atoms with Crippen LogP contribution in [0.15, 0.2) is 48.5 Å². The molecule has 0 unspecified atom stereocenters. The quantitative estimate of drug-likeness (QED) is 0.438. The maximum absolute atomic E-state index is 12.3. The molecule has 0 heterocycles. The molecule has 0 aliphatic rings. The predicted octanol–water partition coefficient (Wildman–Crippen LogP) is 3.87. The van der Waals surface area contributed by atoms with Crippen LogP contribution in [0.4, 0.5) is 0 Å². The summed E-state index contributed by atoms with van der Waals surface area (Å²) < 4.78 is 15.5. The second-order valence-corrected chi connectivity index (χ2v) is 5.14. The van der Waals surface area contributed by atoms with Crippen molar-refractivity contribution in [3.63, 3.8) is 0 Å². The van der Waals surface area contributed by atoms with Crippen LogP contribution in [0.5, 0.6) is 11.5 Å². The molecule has 5 heteroatoms. The first kappa shape index (κ1) is 17.5. The molecule has 0 saturated carbocycles. The molecule has 0 saturated heterocycles. The van der Waals surface area contributed by atoms with Crippen LogP contribution in [0.25, 0.3) is 0 Å². The zero-order valence-electron chi connectivity index (χ0n) is 13.8. The summed E-state index contributed by atoms with van der Waals surface area (Å²) in [5.41, 5.74) is 0.701. The van der Waals surface area contributed by atoms with E-state index < -0.39 is 11.9 Å². The first-order valence-electron chi connectivity index (χ1n) is 7.77. The fraction of sp³-hybridized carbons (Fsp3) is 0.263. The molecule has 126 valence electrons. The number of esters is 2. The van der Waals surface area contributed by atoms with Gasteiger partial charge in [0.05, 0.1) is 24.8 Å². The van der Waals surface area contributed by atoms with Gasteiger partial charge in [-0.25, -0.2) is 9.59 Å². The summed E-state index contributed by atoms with van der Waals surface area (Å²) in [4.78, 5) is 23.8. The highest BCUT2D eigenvalue weighted by Crippen LogP contribution is 2.18. The molecule has 0 aliphatic heterocycles. The molecule has 0 amide bonds. The number of carbonyl (C=O) groups excluding carboxylic acids is 2. The highest BCUT2D eigenvalue weighted by Gasteiger charge is 2.12. The normalized spacial score (nSPS) is 10.1. The fourth-order valence-corrected chi connectivity index (χ4v) is 2.02. The minimum Gasteiger partial charge on any atom is -0.494 e. The van der Waals surface area contributed by atoms with Crippen LogP contribution in [-0.4, -0.2) is 25.7 Å². The van der Waals surface area contributed by atoms with Gasteiger partial charge in [0.25, 0.3) is 0 Å². The fourth-order valence-electron chi connectivity index (χ4n) is 2.02. The van der Waals surface area contributed by atoms with Crippen molar-refractivity contribution in [2.75, 3.05) is 13.7 Å². The van der Waals surface area contributed by atoms with Gasteiger partial charge in [-0.05, 0) is 42.8 Å². The average molecular weight is 328 g/mol. The summed E-state index contributed by atoms with van der Waals surface area (Å²) in [6.45, 7) is 2.69. The van der Waals surface area contributed by atoms with E-state index in [2.05, 4.69) is 11.7 Å². The third-order valence-electron chi connectivity index (χ3n) is 3.30. The largest absolute Gasteiger partial charge is 0.494 e. The van der Waals surface area contributed by atoms with Crippen LogP contribution in [0, 0.1) is 0 Å². The lowest BCUT2D eigenvalue weighted by Gasteiger charge is -2.08. The molecule has 2 aromatic rings. The Balaban J connectivity index is 2.07. The van der Waals surface area contributed by atoms with Gasteiger partial charge < -0.3 is 14.2 Å². The molecule has 0 N–H and O–H groups in total. The molecular formula is C19H20O5. The number of hydrogen-bond donors (Lipinski definition) is 0. The molecule has 0 aromatic heterocycles. The molecule has 0 radical (unpaired) electrons. The number of unbranched alkanes of at least 4 members (excludes halogenated alkanes) is 1. The van der Waals surface area contributed by atoms with Crippen LogP contribution >= 0.6 is 0 Å². The third-order valence-corrected chi connectivity index (χ3v) is 3.30. The van der Waals surface area contributed by atoms with E-state index in [1.807, 2.05) is 0 Å². The Labute approximate surface area is 141 Å². The maximum Gasteiger partial charge on any atom is 0.343 e. The zero-order chi connectivity index (χ0) is 17.4. The highest BCUT2D eigenvalue weighted by molar-refractivity contribution is 5.92. The van der Waals surface area contributed by atoms with Crippen molar-refractivity contribution >= 4 is 11.9 Å². The first-order valence-corrected chi connectivity index (χ1v) is 7.77. The number of methoxy groups -OCH3 is 1. The summed E-state index contributed by atoms with van der Waals surface area (Å²) in [6, 6.07) is 13.1. The minimum atomic E-state index is -0.516. The van der Waals surface area contributed by atoms with E-state index in [1.54, 1.807) is 42.5 Å². The summed E-state index contributed by atoms with van der Waals surface area (Å²) >= 11 is 0. The van der Waals surface area contributed by atoms with Crippen LogP contribution in [0.3, 0.4) is 0 Å². The molecule has 5 nitrogen and oxygen atoms in total. The number of hydrogen-bond acceptors (Lipinski definition) is 5. The van der Waals surface area contributed by atoms with E-state index in [-0.39, 0.29) is 5.75 Å². The van der Waals surface area contributed by atoms with Gasteiger partial charge in [0, 0.05) is 0 Å². The molecule has 0 bridgehead atoms. The molecule has 2 rings (SSSR count). The van der Waals surface area contributed by atoms with E-state index in [4.69, 9.17) is 9.47 Å². The van der Waals surface area contributed by atoms with Gasteiger partial charge in [-0.2, -0.15) is 0 Å². The smallest absolute Gasteiger partial charge is 0.343 e. The Morgan fingerprint density at radius 2 is 1.54 bits per heavy atom. The molecule has 0 atom stereocenters. The van der Waals surface area contributed by atoms with Crippen molar-refractivity contribution < 1.29 is 23.8 Å². The second-order valence-electron chi connectivity index (χ2n) is 5.14. The van der Waals surface area contributed by atoms with Crippen molar-refractivity contribution in [2.45, 2.75) is 19.8 Å². The molecule has 24 heavy (non-hydrogen) atoms. The van der Waals surface area contributed by atoms with Crippen molar-refractivity contribution in [3.05, 3.63) is 59.7 Å². The van der Waals surface area contributed by atoms with Crippen LogP contribution in [0.1, 0.15) is 40.5 Å². The summed E-state index contributed by atoms with van der Waals surface area (Å²) in [6.07, 6.45) is 1.99. The van der Waals surface area contributed by atoms with Crippen molar-refractivity contribution in [1.82, 2.24) is 0 Å². The van der Waals surface area contributed by atoms with E-state index >= 15 is 0 Å². The van der Waals surface area contributed by atoms with Gasteiger partial charge in [-0.1, -0.05) is 25.5 Å². The van der Waals surface area contributed by atoms with Crippen molar-refractivity contribution in [2.24, 2.45) is 0 Å². The van der Waals surface area contributed by atoms with Gasteiger partial charge in [0.2, 0.25) is 0 Å². The topological polar surface area (TPSA) is 61.8 Å². The molecule has 2 aromatic carbocycles. The molecule has 0 fully saturated rings. The van der Waals surface area contributed by atoms with E-state index in [0.717, 1.165) is 12.8 Å². The van der Waals surface area contributed by atoms with Crippen LogP contribution in [-0.2, 0) is 4.74 Å². The predicted molar refractivity (Wildman–Crippen MR) is 89.6 cm³/mol. The third kappa shape index (κ3) is 4.84. The highest BCUT2D eigenvalue weighted by atomic mass is 16.5. The van der Waals surface area contributed by atoms with Crippen molar-refractivity contribution in [1.29, 1.82) is 0 Å². The van der Waals surface area contributed by atoms with Gasteiger partial charge in [0.1, 0.15) is 11.5 Å². The Morgan fingerprint density at radius 1 is 0.917 bits per heavy atom. The van der Waals surface area contributed by atoms with E-state index in [0.29, 0.717) is 23.5 Å². The monoisotopic (exact) mass is 328 g/mol. The summed E-state index contributed by atoms with van der Waals surface area (Å²) in [7, 11) is 1.30. The number of carbonyl (C=O) groups is 2. The number of rotatable bonds is 7. The van der Waals surface area contributed by atoms with E-state index in [1.165, 1.54) is 13.2 Å². The van der Waals surface area contributed by atoms with Gasteiger partial charge in [0.15, 0.2) is 0 Å². The second kappa shape index (κ2) is 8.72. The average Bonchev–Trinajstić information content (AvgIpc) is 2.61. The van der Waals surface area contributed by atoms with Gasteiger partial charge in [-0.3, -0.25) is 0 Å².